The fourth-order valence-corrected chi connectivity index (χ4v) is 5.41. The lowest BCUT2D eigenvalue weighted by Gasteiger charge is -2.17. The van der Waals surface area contributed by atoms with E-state index in [2.05, 4.69) is 10.2 Å². The Hall–Kier alpha value is -2.19. The van der Waals surface area contributed by atoms with E-state index in [1.807, 2.05) is 12.1 Å². The summed E-state index contributed by atoms with van der Waals surface area (Å²) in [6.07, 6.45) is 3.92. The van der Waals surface area contributed by atoms with Crippen LogP contribution in [-0.2, 0) is 16.4 Å². The molecule has 0 N–H and O–H groups in total. The molecule has 1 unspecified atom stereocenters. The first-order chi connectivity index (χ1) is 13.6. The Morgan fingerprint density at radius 1 is 1.14 bits per heavy atom. The van der Waals surface area contributed by atoms with Crippen molar-refractivity contribution in [2.75, 3.05) is 26.3 Å². The van der Waals surface area contributed by atoms with Crippen molar-refractivity contribution in [3.8, 4) is 11.6 Å². The van der Waals surface area contributed by atoms with E-state index in [9.17, 15) is 8.42 Å². The van der Waals surface area contributed by atoms with Gasteiger partial charge in [-0.05, 0) is 49.1 Å². The lowest BCUT2D eigenvalue weighted by molar-refractivity contribution is 0.243. The number of hydrogen-bond donors (Lipinski definition) is 0. The molecule has 1 saturated carbocycles. The number of ether oxygens (including phenoxy) is 2. The third kappa shape index (κ3) is 3.46. The highest BCUT2D eigenvalue weighted by atomic mass is 32.2. The molecule has 3 heterocycles. The smallest absolute Gasteiger partial charge is 0.243 e. The lowest BCUT2D eigenvalue weighted by Crippen LogP contribution is -2.29. The second-order valence-corrected chi connectivity index (χ2v) is 9.71. The number of nitrogens with zero attached hydrogens (tertiary/aromatic N) is 3. The molecule has 2 fully saturated rings. The van der Waals surface area contributed by atoms with E-state index < -0.39 is 10.0 Å². The molecule has 2 aliphatic heterocycles. The summed E-state index contributed by atoms with van der Waals surface area (Å²) in [7, 11) is -3.49. The van der Waals surface area contributed by atoms with Gasteiger partial charge < -0.3 is 9.47 Å². The average molecular weight is 401 g/mol. The third-order valence-corrected chi connectivity index (χ3v) is 7.53. The van der Waals surface area contributed by atoms with Gasteiger partial charge in [0.05, 0.1) is 23.8 Å². The van der Waals surface area contributed by atoms with E-state index in [1.165, 1.54) is 12.8 Å². The molecule has 28 heavy (non-hydrogen) atoms. The summed E-state index contributed by atoms with van der Waals surface area (Å²) in [5, 5.41) is 8.35. The second kappa shape index (κ2) is 7.00. The summed E-state index contributed by atoms with van der Waals surface area (Å²) in [5.41, 5.74) is 2.00. The molecule has 5 rings (SSSR count). The largest absolute Gasteiger partial charge is 0.493 e. The molecule has 2 aromatic rings. The topological polar surface area (TPSA) is 81.6 Å². The van der Waals surface area contributed by atoms with E-state index >= 15 is 0 Å². The highest BCUT2D eigenvalue weighted by Gasteiger charge is 2.33. The van der Waals surface area contributed by atoms with E-state index in [4.69, 9.17) is 9.47 Å². The standard InChI is InChI=1S/C20H23N3O4S/c24-28(25,17-3-5-19-16(11-17)8-10-26-19)23-9-7-14(12-23)13-27-20-6-4-18(21-22-20)15-1-2-15/h3-6,11,14-15H,1-2,7-10,12-13H2. The molecule has 8 heteroatoms. The minimum Gasteiger partial charge on any atom is -0.493 e. The Morgan fingerprint density at radius 3 is 2.82 bits per heavy atom. The predicted molar refractivity (Wildman–Crippen MR) is 102 cm³/mol. The van der Waals surface area contributed by atoms with Crippen LogP contribution in [0.15, 0.2) is 35.2 Å². The number of fused-ring (bicyclic) bond motifs is 1. The average Bonchev–Trinajstić information content (AvgIpc) is 3.25. The van der Waals surface area contributed by atoms with Crippen molar-refractivity contribution in [2.24, 2.45) is 5.92 Å². The Morgan fingerprint density at radius 2 is 2.04 bits per heavy atom. The van der Waals surface area contributed by atoms with Crippen LogP contribution in [0.4, 0.5) is 0 Å². The zero-order valence-electron chi connectivity index (χ0n) is 15.6. The molecule has 0 bridgehead atoms. The van der Waals surface area contributed by atoms with Gasteiger partial charge in [-0.2, -0.15) is 9.40 Å². The van der Waals surface area contributed by atoms with Gasteiger partial charge in [-0.3, -0.25) is 0 Å². The van der Waals surface area contributed by atoms with Gasteiger partial charge in [0.25, 0.3) is 0 Å². The summed E-state index contributed by atoms with van der Waals surface area (Å²) < 4.78 is 38.8. The Balaban J connectivity index is 1.20. The highest BCUT2D eigenvalue weighted by molar-refractivity contribution is 7.89. The first kappa shape index (κ1) is 17.9. The molecule has 1 aromatic heterocycles. The molecule has 1 aliphatic carbocycles. The van der Waals surface area contributed by atoms with Crippen LogP contribution in [0.1, 0.15) is 36.4 Å². The maximum atomic E-state index is 13.0. The number of benzene rings is 1. The molecular weight excluding hydrogens is 378 g/mol. The van der Waals surface area contributed by atoms with E-state index in [-0.39, 0.29) is 5.92 Å². The van der Waals surface area contributed by atoms with Gasteiger partial charge in [0.2, 0.25) is 15.9 Å². The maximum Gasteiger partial charge on any atom is 0.243 e. The number of rotatable bonds is 6. The van der Waals surface area contributed by atoms with Gasteiger partial charge in [0, 0.05) is 37.4 Å². The Bertz CT molecular complexity index is 973. The summed E-state index contributed by atoms with van der Waals surface area (Å²) in [6.45, 7) is 2.04. The van der Waals surface area contributed by atoms with Gasteiger partial charge in [0.1, 0.15) is 5.75 Å². The van der Waals surface area contributed by atoms with Gasteiger partial charge in [0.15, 0.2) is 0 Å². The zero-order chi connectivity index (χ0) is 19.1. The van der Waals surface area contributed by atoms with Crippen molar-refractivity contribution >= 4 is 10.0 Å². The Kier molecular flexibility index (Phi) is 4.47. The number of sulfonamides is 1. The van der Waals surface area contributed by atoms with Gasteiger partial charge in [-0.1, -0.05) is 0 Å². The minimum absolute atomic E-state index is 0.150. The van der Waals surface area contributed by atoms with Crippen LogP contribution in [0.5, 0.6) is 11.6 Å². The van der Waals surface area contributed by atoms with Crippen LogP contribution < -0.4 is 9.47 Å². The third-order valence-electron chi connectivity index (χ3n) is 5.67. The molecule has 148 valence electrons. The van der Waals surface area contributed by atoms with E-state index in [0.717, 1.165) is 29.8 Å². The van der Waals surface area contributed by atoms with Crippen LogP contribution >= 0.6 is 0 Å². The van der Waals surface area contributed by atoms with Crippen LogP contribution in [0.2, 0.25) is 0 Å². The number of aromatic nitrogens is 2. The van der Waals surface area contributed by atoms with Crippen molar-refractivity contribution in [3.63, 3.8) is 0 Å². The molecule has 1 aromatic carbocycles. The first-order valence-corrected chi connectivity index (χ1v) is 11.3. The normalized spacial score (nSPS) is 22.1. The van der Waals surface area contributed by atoms with E-state index in [0.29, 0.717) is 43.0 Å². The molecule has 1 saturated heterocycles. The molecule has 1 atom stereocenters. The molecule has 3 aliphatic rings. The van der Waals surface area contributed by atoms with Crippen molar-refractivity contribution in [1.82, 2.24) is 14.5 Å². The van der Waals surface area contributed by atoms with Crippen molar-refractivity contribution in [2.45, 2.75) is 36.5 Å². The monoisotopic (exact) mass is 401 g/mol. The fourth-order valence-electron chi connectivity index (χ4n) is 3.83. The Labute approximate surface area is 164 Å². The van der Waals surface area contributed by atoms with Crippen molar-refractivity contribution in [1.29, 1.82) is 0 Å². The van der Waals surface area contributed by atoms with Gasteiger partial charge in [-0.25, -0.2) is 8.42 Å². The minimum atomic E-state index is -3.49. The first-order valence-electron chi connectivity index (χ1n) is 9.82. The fraction of sp³-hybridized carbons (Fsp3) is 0.500. The molecule has 0 amide bonds. The van der Waals surface area contributed by atoms with Crippen LogP contribution in [-0.4, -0.2) is 49.2 Å². The van der Waals surface area contributed by atoms with Crippen LogP contribution in [0.25, 0.3) is 0 Å². The highest BCUT2D eigenvalue weighted by Crippen LogP contribution is 2.38. The zero-order valence-corrected chi connectivity index (χ0v) is 16.4. The summed E-state index contributed by atoms with van der Waals surface area (Å²) in [5.74, 6) is 2.02. The van der Waals surface area contributed by atoms with Crippen molar-refractivity contribution < 1.29 is 17.9 Å². The lowest BCUT2D eigenvalue weighted by atomic mass is 10.1. The van der Waals surface area contributed by atoms with Gasteiger partial charge in [-0.15, -0.1) is 5.10 Å². The summed E-state index contributed by atoms with van der Waals surface area (Å²) in [4.78, 5) is 0.347. The SMILES string of the molecule is O=S(=O)(c1ccc2c(c1)CCO2)N1CCC(COc2ccc(C3CC3)nn2)C1. The molecular formula is C20H23N3O4S. The molecule has 0 spiro atoms. The summed E-state index contributed by atoms with van der Waals surface area (Å²) in [6, 6.07) is 8.98. The van der Waals surface area contributed by atoms with E-state index in [1.54, 1.807) is 22.5 Å². The van der Waals surface area contributed by atoms with Gasteiger partial charge >= 0.3 is 0 Å². The quantitative estimate of drug-likeness (QED) is 0.739. The van der Waals surface area contributed by atoms with Crippen LogP contribution in [0.3, 0.4) is 0 Å². The molecule has 7 nitrogen and oxygen atoms in total. The predicted octanol–water partition coefficient (Wildman–Crippen LogP) is 2.38. The second-order valence-electron chi connectivity index (χ2n) is 7.77. The van der Waals surface area contributed by atoms with Crippen molar-refractivity contribution in [3.05, 3.63) is 41.6 Å². The maximum absolute atomic E-state index is 13.0. The molecule has 0 radical (unpaired) electrons. The summed E-state index contributed by atoms with van der Waals surface area (Å²) >= 11 is 0. The number of hydrogen-bond acceptors (Lipinski definition) is 6. The van der Waals surface area contributed by atoms with Crippen LogP contribution in [0, 0.1) is 5.92 Å².